The molecule has 7 nitrogen and oxygen atoms in total. The van der Waals surface area contributed by atoms with E-state index < -0.39 is 28.5 Å². The minimum Gasteiger partial charge on any atom is -0.452 e. The fourth-order valence-electron chi connectivity index (χ4n) is 2.97. The van der Waals surface area contributed by atoms with E-state index in [0.29, 0.717) is 16.6 Å². The molecule has 10 heteroatoms. The summed E-state index contributed by atoms with van der Waals surface area (Å²) in [7, 11) is -3.48. The van der Waals surface area contributed by atoms with Gasteiger partial charge in [0, 0.05) is 28.2 Å². The van der Waals surface area contributed by atoms with Crippen LogP contribution in [-0.2, 0) is 19.6 Å². The summed E-state index contributed by atoms with van der Waals surface area (Å²) < 4.78 is 29.9. The molecule has 31 heavy (non-hydrogen) atoms. The average molecular weight is 487 g/mol. The number of amides is 1. The summed E-state index contributed by atoms with van der Waals surface area (Å²) in [6, 6.07) is 11.1. The Labute approximate surface area is 192 Å². The van der Waals surface area contributed by atoms with E-state index in [9.17, 15) is 18.0 Å². The third-order valence-corrected chi connectivity index (χ3v) is 5.49. The van der Waals surface area contributed by atoms with Gasteiger partial charge in [-0.05, 0) is 42.3 Å². The van der Waals surface area contributed by atoms with E-state index in [4.69, 9.17) is 27.9 Å². The molecule has 0 fully saturated rings. The number of sulfonamides is 1. The predicted molar refractivity (Wildman–Crippen MR) is 122 cm³/mol. The first-order valence-electron chi connectivity index (χ1n) is 9.55. The molecule has 0 spiro atoms. The molecule has 2 aromatic rings. The standard InChI is InChI=1S/C21H24Cl2N2O5S/c1-3-5-15(18-9-8-16(22)11-19(18)23)12-24-20(26)13-30-21(27)14-6-4-7-17(10-14)25-31(2,28)29/h4,6-11,15,25H,3,5,12-13H2,1-2H3,(H,24,26)/t15-/m1/s1. The van der Waals surface area contributed by atoms with Gasteiger partial charge in [0.15, 0.2) is 6.61 Å². The number of carbonyl (C=O) groups excluding carboxylic acids is 2. The largest absolute Gasteiger partial charge is 0.452 e. The summed E-state index contributed by atoms with van der Waals surface area (Å²) in [6.07, 6.45) is 2.71. The number of halogens is 2. The second kappa shape index (κ2) is 11.4. The molecule has 2 aromatic carbocycles. The Morgan fingerprint density at radius 1 is 1.13 bits per heavy atom. The van der Waals surface area contributed by atoms with E-state index >= 15 is 0 Å². The number of carbonyl (C=O) groups is 2. The monoisotopic (exact) mass is 486 g/mol. The lowest BCUT2D eigenvalue weighted by atomic mass is 9.94. The van der Waals surface area contributed by atoms with Crippen LogP contribution in [0, 0.1) is 0 Å². The Morgan fingerprint density at radius 2 is 1.87 bits per heavy atom. The quantitative estimate of drug-likeness (QED) is 0.489. The third kappa shape index (κ3) is 8.40. The molecule has 0 radical (unpaired) electrons. The number of anilines is 1. The van der Waals surface area contributed by atoms with Gasteiger partial charge in [-0.15, -0.1) is 0 Å². The molecule has 0 saturated heterocycles. The minimum absolute atomic E-state index is 0.00633. The molecule has 0 bridgehead atoms. The number of rotatable bonds is 10. The van der Waals surface area contributed by atoms with Crippen LogP contribution in [0.15, 0.2) is 42.5 Å². The van der Waals surface area contributed by atoms with E-state index in [0.717, 1.165) is 24.7 Å². The van der Waals surface area contributed by atoms with Gasteiger partial charge in [0.05, 0.1) is 11.8 Å². The maximum atomic E-state index is 12.2. The van der Waals surface area contributed by atoms with Gasteiger partial charge in [-0.2, -0.15) is 0 Å². The van der Waals surface area contributed by atoms with Crippen LogP contribution in [0.4, 0.5) is 5.69 Å². The molecule has 0 aliphatic carbocycles. The fraction of sp³-hybridized carbons (Fsp3) is 0.333. The van der Waals surface area contributed by atoms with Crippen LogP contribution in [-0.4, -0.2) is 39.7 Å². The highest BCUT2D eigenvalue weighted by molar-refractivity contribution is 7.92. The highest BCUT2D eigenvalue weighted by atomic mass is 35.5. The number of esters is 1. The van der Waals surface area contributed by atoms with Gasteiger partial charge >= 0.3 is 5.97 Å². The van der Waals surface area contributed by atoms with Gasteiger partial charge in [-0.1, -0.05) is 48.7 Å². The zero-order valence-corrected chi connectivity index (χ0v) is 19.5. The Balaban J connectivity index is 1.92. The van der Waals surface area contributed by atoms with Gasteiger partial charge < -0.3 is 10.1 Å². The van der Waals surface area contributed by atoms with Gasteiger partial charge in [0.1, 0.15) is 0 Å². The summed E-state index contributed by atoms with van der Waals surface area (Å²) in [5.41, 5.74) is 1.24. The average Bonchev–Trinajstić information content (AvgIpc) is 2.68. The van der Waals surface area contributed by atoms with Crippen molar-refractivity contribution in [2.75, 3.05) is 24.1 Å². The van der Waals surface area contributed by atoms with Gasteiger partial charge in [-0.25, -0.2) is 13.2 Å². The lowest BCUT2D eigenvalue weighted by molar-refractivity contribution is -0.124. The first kappa shape index (κ1) is 25.0. The highest BCUT2D eigenvalue weighted by Crippen LogP contribution is 2.30. The SMILES string of the molecule is CCC[C@H](CNC(=O)COC(=O)c1cccc(NS(C)(=O)=O)c1)c1ccc(Cl)cc1Cl. The topological polar surface area (TPSA) is 102 Å². The summed E-state index contributed by atoms with van der Waals surface area (Å²) in [4.78, 5) is 24.4. The predicted octanol–water partition coefficient (Wildman–Crippen LogP) is 4.22. The normalized spacial score (nSPS) is 12.1. The number of benzene rings is 2. The van der Waals surface area contributed by atoms with Gasteiger partial charge in [-0.3, -0.25) is 9.52 Å². The van der Waals surface area contributed by atoms with Crippen LogP contribution in [0.2, 0.25) is 10.0 Å². The van der Waals surface area contributed by atoms with Crippen molar-refractivity contribution >= 4 is 50.8 Å². The van der Waals surface area contributed by atoms with Crippen LogP contribution in [0.1, 0.15) is 41.6 Å². The number of ether oxygens (including phenoxy) is 1. The molecule has 0 heterocycles. The molecule has 1 amide bonds. The van der Waals surface area contributed by atoms with E-state index in [1.165, 1.54) is 24.3 Å². The Kier molecular flexibility index (Phi) is 9.15. The summed E-state index contributed by atoms with van der Waals surface area (Å²) in [6.45, 7) is 1.91. The van der Waals surface area contributed by atoms with Crippen molar-refractivity contribution in [1.29, 1.82) is 0 Å². The van der Waals surface area contributed by atoms with Crippen molar-refractivity contribution in [3.8, 4) is 0 Å². The van der Waals surface area contributed by atoms with Crippen molar-refractivity contribution in [1.82, 2.24) is 5.32 Å². The van der Waals surface area contributed by atoms with Crippen molar-refractivity contribution in [2.24, 2.45) is 0 Å². The molecule has 0 aliphatic heterocycles. The molecule has 0 aliphatic rings. The summed E-state index contributed by atoms with van der Waals surface area (Å²) >= 11 is 12.2. The summed E-state index contributed by atoms with van der Waals surface area (Å²) in [5, 5.41) is 3.83. The highest BCUT2D eigenvalue weighted by Gasteiger charge is 2.17. The molecule has 2 N–H and O–H groups in total. The molecular formula is C21H24Cl2N2O5S. The lowest BCUT2D eigenvalue weighted by Gasteiger charge is -2.19. The van der Waals surface area contributed by atoms with Crippen LogP contribution in [0.5, 0.6) is 0 Å². The molecule has 2 rings (SSSR count). The smallest absolute Gasteiger partial charge is 0.338 e. The zero-order chi connectivity index (χ0) is 23.0. The maximum absolute atomic E-state index is 12.2. The first-order valence-corrected chi connectivity index (χ1v) is 12.2. The van der Waals surface area contributed by atoms with Crippen molar-refractivity contribution in [3.63, 3.8) is 0 Å². The number of hydrogen-bond acceptors (Lipinski definition) is 5. The van der Waals surface area contributed by atoms with Crippen molar-refractivity contribution < 1.29 is 22.7 Å². The van der Waals surface area contributed by atoms with Crippen LogP contribution in [0.25, 0.3) is 0 Å². The fourth-order valence-corrected chi connectivity index (χ4v) is 4.09. The van der Waals surface area contributed by atoms with Crippen molar-refractivity contribution in [2.45, 2.75) is 25.7 Å². The minimum atomic E-state index is -3.48. The molecular weight excluding hydrogens is 463 g/mol. The van der Waals surface area contributed by atoms with Crippen LogP contribution in [0.3, 0.4) is 0 Å². The van der Waals surface area contributed by atoms with Crippen LogP contribution < -0.4 is 10.0 Å². The lowest BCUT2D eigenvalue weighted by Crippen LogP contribution is -2.32. The molecule has 1 atom stereocenters. The molecule has 0 unspecified atom stereocenters. The number of hydrogen-bond donors (Lipinski definition) is 2. The van der Waals surface area contributed by atoms with E-state index in [2.05, 4.69) is 10.0 Å². The van der Waals surface area contributed by atoms with Gasteiger partial charge in [0.25, 0.3) is 5.91 Å². The second-order valence-corrected chi connectivity index (χ2v) is 9.58. The third-order valence-electron chi connectivity index (χ3n) is 4.32. The Hall–Kier alpha value is -2.29. The first-order chi connectivity index (χ1) is 14.6. The molecule has 168 valence electrons. The second-order valence-electron chi connectivity index (χ2n) is 6.99. The maximum Gasteiger partial charge on any atom is 0.338 e. The van der Waals surface area contributed by atoms with Crippen LogP contribution >= 0.6 is 23.2 Å². The number of nitrogens with one attached hydrogen (secondary N) is 2. The summed E-state index contributed by atoms with van der Waals surface area (Å²) in [5.74, 6) is -1.20. The van der Waals surface area contributed by atoms with E-state index in [1.54, 1.807) is 12.1 Å². The Morgan fingerprint density at radius 3 is 2.52 bits per heavy atom. The zero-order valence-electron chi connectivity index (χ0n) is 17.2. The Bertz CT molecular complexity index is 1040. The molecule has 0 aromatic heterocycles. The van der Waals surface area contributed by atoms with Crippen molar-refractivity contribution in [3.05, 3.63) is 63.6 Å². The van der Waals surface area contributed by atoms with E-state index in [1.807, 2.05) is 13.0 Å². The molecule has 0 saturated carbocycles. The van der Waals surface area contributed by atoms with E-state index in [-0.39, 0.29) is 17.2 Å². The van der Waals surface area contributed by atoms with Gasteiger partial charge in [0.2, 0.25) is 10.0 Å².